The van der Waals surface area contributed by atoms with Crippen LogP contribution in [0, 0.1) is 24.7 Å². The maximum Gasteiger partial charge on any atom is 0.338 e. The van der Waals surface area contributed by atoms with Gasteiger partial charge in [0.1, 0.15) is 35.9 Å². The standard InChI is InChI=1S/C35H47NO9/c1-19(13-25-18-41-23(5)36-25)9-8-10-21(3)32(40-7)22(4)27-17-29(37)35(6)30(45-35)12-11-20(2)26-14-24(16-31(38)42-26)15-28-33(43-28)34(39)44-27/h8-13,18,20,22,24,26-30,32-33,37H,14-17H2,1-7H3/b9-8+,12-11-,19-13-,21-10+/t20-,22-,24-,26-,27-,28+,29-,30-,32-,33+,35+/m0/s1. The lowest BCUT2D eigenvalue weighted by molar-refractivity contribution is -0.159. The Kier molecular flexibility index (Phi) is 10.2. The molecule has 3 saturated heterocycles. The number of aromatic nitrogens is 1. The summed E-state index contributed by atoms with van der Waals surface area (Å²) in [6.07, 6.45) is 11.7. The zero-order chi connectivity index (χ0) is 32.5. The zero-order valence-electron chi connectivity index (χ0n) is 27.3. The number of methoxy groups -OCH3 is 1. The first kappa shape index (κ1) is 33.3. The Morgan fingerprint density at radius 2 is 1.91 bits per heavy atom. The summed E-state index contributed by atoms with van der Waals surface area (Å²) in [5.41, 5.74) is 1.86. The first-order valence-electron chi connectivity index (χ1n) is 16.0. The van der Waals surface area contributed by atoms with Crippen LogP contribution >= 0.6 is 0 Å². The van der Waals surface area contributed by atoms with E-state index in [4.69, 9.17) is 28.1 Å². The fourth-order valence-corrected chi connectivity index (χ4v) is 6.64. The molecule has 246 valence electrons. The topological polar surface area (TPSA) is 133 Å². The highest BCUT2D eigenvalue weighted by atomic mass is 16.6. The van der Waals surface area contributed by atoms with Gasteiger partial charge in [0.2, 0.25) is 0 Å². The van der Waals surface area contributed by atoms with Gasteiger partial charge in [0.25, 0.3) is 0 Å². The average molecular weight is 626 g/mol. The van der Waals surface area contributed by atoms with Crippen LogP contribution in [0.4, 0.5) is 0 Å². The third kappa shape index (κ3) is 8.03. The molecule has 45 heavy (non-hydrogen) atoms. The fraction of sp³-hybridized carbons (Fsp3) is 0.629. The lowest BCUT2D eigenvalue weighted by Crippen LogP contribution is -2.42. The molecule has 0 saturated carbocycles. The molecule has 1 aromatic rings. The van der Waals surface area contributed by atoms with Crippen molar-refractivity contribution in [3.05, 3.63) is 59.4 Å². The minimum Gasteiger partial charge on any atom is -0.462 e. The summed E-state index contributed by atoms with van der Waals surface area (Å²) in [6.45, 7) is 11.6. The molecule has 2 bridgehead atoms. The van der Waals surface area contributed by atoms with Crippen LogP contribution in [-0.4, -0.2) is 77.5 Å². The number of nitrogens with zero attached hydrogens (tertiary/aromatic N) is 1. The quantitative estimate of drug-likeness (QED) is 0.190. The van der Waals surface area contributed by atoms with Crippen molar-refractivity contribution in [1.82, 2.24) is 4.98 Å². The number of aryl methyl sites for hydroxylation is 1. The number of rotatable bonds is 7. The van der Waals surface area contributed by atoms with Crippen molar-refractivity contribution < 1.29 is 42.8 Å². The first-order valence-corrected chi connectivity index (χ1v) is 16.0. The predicted octanol–water partition coefficient (Wildman–Crippen LogP) is 5.05. The Morgan fingerprint density at radius 3 is 2.62 bits per heavy atom. The van der Waals surface area contributed by atoms with Crippen molar-refractivity contribution in [2.75, 3.05) is 7.11 Å². The molecule has 10 heteroatoms. The molecule has 5 rings (SSSR count). The molecule has 0 aromatic carbocycles. The van der Waals surface area contributed by atoms with Gasteiger partial charge in [-0.25, -0.2) is 9.78 Å². The summed E-state index contributed by atoms with van der Waals surface area (Å²) >= 11 is 0. The number of carbonyl (C=O) groups is 2. The summed E-state index contributed by atoms with van der Waals surface area (Å²) in [5, 5.41) is 11.4. The summed E-state index contributed by atoms with van der Waals surface area (Å²) in [7, 11) is 1.63. The molecule has 1 aromatic heterocycles. The second kappa shape index (κ2) is 13.7. The lowest BCUT2D eigenvalue weighted by atomic mass is 9.84. The number of esters is 2. The van der Waals surface area contributed by atoms with E-state index in [1.54, 1.807) is 20.3 Å². The van der Waals surface area contributed by atoms with Gasteiger partial charge in [-0.05, 0) is 56.8 Å². The van der Waals surface area contributed by atoms with Crippen molar-refractivity contribution in [2.24, 2.45) is 17.8 Å². The Morgan fingerprint density at radius 1 is 1.16 bits per heavy atom. The molecule has 0 unspecified atom stereocenters. The van der Waals surface area contributed by atoms with Gasteiger partial charge in [-0.3, -0.25) is 4.79 Å². The second-order valence-corrected chi connectivity index (χ2v) is 13.3. The molecule has 4 aliphatic rings. The molecule has 3 fully saturated rings. The highest BCUT2D eigenvalue weighted by molar-refractivity contribution is 5.78. The van der Waals surface area contributed by atoms with Crippen LogP contribution in [0.5, 0.6) is 0 Å². The van der Waals surface area contributed by atoms with E-state index in [0.717, 1.165) is 16.8 Å². The maximum absolute atomic E-state index is 13.4. The Hall–Kier alpha value is -3.05. The number of hydrogen-bond acceptors (Lipinski definition) is 10. The summed E-state index contributed by atoms with van der Waals surface area (Å²) in [4.78, 5) is 30.1. The molecule has 0 amide bonds. The van der Waals surface area contributed by atoms with Gasteiger partial charge in [-0.15, -0.1) is 0 Å². The molecule has 5 heterocycles. The van der Waals surface area contributed by atoms with Gasteiger partial charge < -0.3 is 33.2 Å². The summed E-state index contributed by atoms with van der Waals surface area (Å²) < 4.78 is 34.7. The highest BCUT2D eigenvalue weighted by Crippen LogP contribution is 2.44. The highest BCUT2D eigenvalue weighted by Gasteiger charge is 2.57. The van der Waals surface area contributed by atoms with Crippen LogP contribution in [-0.2, 0) is 33.3 Å². The van der Waals surface area contributed by atoms with E-state index in [9.17, 15) is 14.7 Å². The van der Waals surface area contributed by atoms with Crippen molar-refractivity contribution in [3.8, 4) is 0 Å². The van der Waals surface area contributed by atoms with Crippen LogP contribution in [0.1, 0.15) is 71.9 Å². The molecule has 4 aliphatic heterocycles. The van der Waals surface area contributed by atoms with Crippen LogP contribution < -0.4 is 0 Å². The third-order valence-electron chi connectivity index (χ3n) is 9.63. The number of ether oxygens (including phenoxy) is 5. The number of aliphatic hydroxyl groups excluding tert-OH is 1. The van der Waals surface area contributed by atoms with Crippen LogP contribution in [0.15, 0.2) is 52.2 Å². The first-order chi connectivity index (χ1) is 21.4. The molecule has 11 atom stereocenters. The predicted molar refractivity (Wildman–Crippen MR) is 166 cm³/mol. The van der Waals surface area contributed by atoms with E-state index in [2.05, 4.69) is 4.98 Å². The maximum atomic E-state index is 13.4. The number of cyclic esters (lactones) is 1. The number of allylic oxidation sites excluding steroid dienone is 4. The smallest absolute Gasteiger partial charge is 0.338 e. The number of oxazole rings is 1. The molecule has 0 aliphatic carbocycles. The summed E-state index contributed by atoms with van der Waals surface area (Å²) in [6, 6.07) is 0. The Bertz CT molecular complexity index is 1360. The van der Waals surface area contributed by atoms with Crippen LogP contribution in [0.25, 0.3) is 6.08 Å². The Labute approximate surface area is 265 Å². The number of epoxide rings is 2. The zero-order valence-corrected chi connectivity index (χ0v) is 27.3. The number of carbonyl (C=O) groups excluding carboxylic acids is 2. The van der Waals surface area contributed by atoms with E-state index >= 15 is 0 Å². The Balaban J connectivity index is 1.33. The van der Waals surface area contributed by atoms with Crippen molar-refractivity contribution in [3.63, 3.8) is 0 Å². The molecule has 0 spiro atoms. The van der Waals surface area contributed by atoms with Crippen molar-refractivity contribution >= 4 is 18.0 Å². The van der Waals surface area contributed by atoms with E-state index in [0.29, 0.717) is 25.2 Å². The minimum absolute atomic E-state index is 0.0130. The second-order valence-electron chi connectivity index (χ2n) is 13.3. The van der Waals surface area contributed by atoms with Crippen molar-refractivity contribution in [1.29, 1.82) is 0 Å². The molecule has 10 nitrogen and oxygen atoms in total. The average Bonchev–Trinajstić information content (AvgIpc) is 3.86. The van der Waals surface area contributed by atoms with Gasteiger partial charge in [0.15, 0.2) is 12.0 Å². The molecule has 1 N–H and O–H groups in total. The molecular weight excluding hydrogens is 578 g/mol. The monoisotopic (exact) mass is 625 g/mol. The number of aliphatic hydroxyl groups is 1. The van der Waals surface area contributed by atoms with E-state index in [-0.39, 0.29) is 48.5 Å². The van der Waals surface area contributed by atoms with Gasteiger partial charge >= 0.3 is 11.9 Å². The van der Waals surface area contributed by atoms with Gasteiger partial charge in [-0.1, -0.05) is 44.2 Å². The van der Waals surface area contributed by atoms with Gasteiger partial charge in [0.05, 0.1) is 18.3 Å². The molecular formula is C35H47NO9. The van der Waals surface area contributed by atoms with Gasteiger partial charge in [-0.2, -0.15) is 0 Å². The van der Waals surface area contributed by atoms with E-state index < -0.39 is 36.0 Å². The number of fused-ring (bicyclic) bond motifs is 4. The van der Waals surface area contributed by atoms with Crippen molar-refractivity contribution in [2.45, 2.75) is 116 Å². The molecule has 0 radical (unpaired) electrons. The minimum atomic E-state index is -0.905. The van der Waals surface area contributed by atoms with Crippen LogP contribution in [0.3, 0.4) is 0 Å². The lowest BCUT2D eigenvalue weighted by Gasteiger charge is -2.33. The largest absolute Gasteiger partial charge is 0.462 e. The normalized spacial score (nSPS) is 38.0. The van der Waals surface area contributed by atoms with E-state index in [1.165, 1.54) is 0 Å². The third-order valence-corrected chi connectivity index (χ3v) is 9.63. The van der Waals surface area contributed by atoms with Gasteiger partial charge in [0, 0.05) is 38.7 Å². The number of hydrogen-bond donors (Lipinski definition) is 1. The SMILES string of the molecule is CO[C@@H](/C(C)=C/C=C/C(C)=C\c1coc(C)n1)[C@@H](C)[C@@H]1C[C@H](O)[C@@]2(C)O[C@H]2/C=C\[C@H](C)[C@@H]2C[C@H](CC(=O)O2)C[C@H]2O[C@H]2C(=O)O1. The fourth-order valence-electron chi connectivity index (χ4n) is 6.64. The summed E-state index contributed by atoms with van der Waals surface area (Å²) in [5.74, 6) is -0.316. The van der Waals surface area contributed by atoms with Crippen LogP contribution in [0.2, 0.25) is 0 Å². The van der Waals surface area contributed by atoms with E-state index in [1.807, 2.05) is 71.1 Å².